The van der Waals surface area contributed by atoms with E-state index in [0.717, 1.165) is 25.2 Å². The minimum absolute atomic E-state index is 0.122. The van der Waals surface area contributed by atoms with E-state index in [1.807, 2.05) is 11.3 Å². The molecule has 0 aliphatic heterocycles. The standard InChI is InChI=1S/C17H23N3S/c1-17(2,15-9-6-10-21-15)11-18-16-13-7-4-3-5-8-14(13)19-12-20-16/h6,9-10,12H,3-5,7-8,11H2,1-2H3,(H,18,19,20). The Morgan fingerprint density at radius 1 is 1.19 bits per heavy atom. The molecule has 2 aromatic heterocycles. The quantitative estimate of drug-likeness (QED) is 0.860. The number of nitrogens with zero attached hydrogens (tertiary/aromatic N) is 2. The maximum Gasteiger partial charge on any atom is 0.132 e. The summed E-state index contributed by atoms with van der Waals surface area (Å²) in [6.45, 7) is 5.47. The molecule has 1 N–H and O–H groups in total. The molecule has 0 amide bonds. The third-order valence-corrected chi connectivity index (χ3v) is 5.50. The van der Waals surface area contributed by atoms with Gasteiger partial charge in [0, 0.05) is 28.1 Å². The normalized spacial score (nSPS) is 15.3. The van der Waals surface area contributed by atoms with Crippen LogP contribution in [-0.4, -0.2) is 16.5 Å². The summed E-state index contributed by atoms with van der Waals surface area (Å²) < 4.78 is 0. The summed E-state index contributed by atoms with van der Waals surface area (Å²) in [4.78, 5) is 10.4. The third kappa shape index (κ3) is 3.26. The number of aryl methyl sites for hydroxylation is 1. The van der Waals surface area contributed by atoms with E-state index in [1.54, 1.807) is 6.33 Å². The highest BCUT2D eigenvalue weighted by Gasteiger charge is 2.23. The lowest BCUT2D eigenvalue weighted by Gasteiger charge is -2.25. The second-order valence-electron chi connectivity index (χ2n) is 6.42. The Bertz CT molecular complexity index is 590. The van der Waals surface area contributed by atoms with Gasteiger partial charge in [-0.25, -0.2) is 9.97 Å². The predicted octanol–water partition coefficient (Wildman–Crippen LogP) is 4.20. The van der Waals surface area contributed by atoms with Gasteiger partial charge in [-0.1, -0.05) is 26.3 Å². The Morgan fingerprint density at radius 2 is 2.05 bits per heavy atom. The summed E-state index contributed by atoms with van der Waals surface area (Å²) in [5, 5.41) is 5.73. The molecule has 0 unspecified atom stereocenters. The van der Waals surface area contributed by atoms with Gasteiger partial charge in [0.1, 0.15) is 12.1 Å². The van der Waals surface area contributed by atoms with Crippen LogP contribution in [0.25, 0.3) is 0 Å². The predicted molar refractivity (Wildman–Crippen MR) is 89.1 cm³/mol. The van der Waals surface area contributed by atoms with Gasteiger partial charge in [0.05, 0.1) is 0 Å². The van der Waals surface area contributed by atoms with Gasteiger partial charge >= 0.3 is 0 Å². The van der Waals surface area contributed by atoms with Gasteiger partial charge in [0.15, 0.2) is 0 Å². The highest BCUT2D eigenvalue weighted by Crippen LogP contribution is 2.29. The van der Waals surface area contributed by atoms with E-state index >= 15 is 0 Å². The highest BCUT2D eigenvalue weighted by atomic mass is 32.1. The molecule has 2 heterocycles. The fourth-order valence-electron chi connectivity index (χ4n) is 2.91. The molecule has 21 heavy (non-hydrogen) atoms. The van der Waals surface area contributed by atoms with Crippen molar-refractivity contribution < 1.29 is 0 Å². The van der Waals surface area contributed by atoms with Crippen molar-refractivity contribution in [1.82, 2.24) is 9.97 Å². The summed E-state index contributed by atoms with van der Waals surface area (Å²) in [7, 11) is 0. The zero-order valence-corrected chi connectivity index (χ0v) is 13.7. The van der Waals surface area contributed by atoms with Crippen LogP contribution >= 0.6 is 11.3 Å². The highest BCUT2D eigenvalue weighted by molar-refractivity contribution is 7.10. The van der Waals surface area contributed by atoms with E-state index in [4.69, 9.17) is 0 Å². The van der Waals surface area contributed by atoms with E-state index in [-0.39, 0.29) is 5.41 Å². The molecule has 2 aromatic rings. The van der Waals surface area contributed by atoms with Gasteiger partial charge in [-0.15, -0.1) is 11.3 Å². The SMILES string of the molecule is CC(C)(CNc1ncnc2c1CCCCC2)c1cccs1. The molecule has 0 atom stereocenters. The molecule has 112 valence electrons. The van der Waals surface area contributed by atoms with E-state index in [0.29, 0.717) is 0 Å². The van der Waals surface area contributed by atoms with Gasteiger partial charge in [0.25, 0.3) is 0 Å². The molecule has 3 nitrogen and oxygen atoms in total. The fourth-order valence-corrected chi connectivity index (χ4v) is 3.76. The Labute approximate surface area is 130 Å². The van der Waals surface area contributed by atoms with Crippen molar-refractivity contribution >= 4 is 17.2 Å². The molecule has 4 heteroatoms. The monoisotopic (exact) mass is 301 g/mol. The molecule has 0 saturated carbocycles. The number of aromatic nitrogens is 2. The Morgan fingerprint density at radius 3 is 2.86 bits per heavy atom. The van der Waals surface area contributed by atoms with Crippen molar-refractivity contribution in [2.24, 2.45) is 0 Å². The lowest BCUT2D eigenvalue weighted by atomic mass is 9.91. The van der Waals surface area contributed by atoms with Gasteiger partial charge in [-0.05, 0) is 37.1 Å². The number of hydrogen-bond donors (Lipinski definition) is 1. The molecule has 0 radical (unpaired) electrons. The number of hydrogen-bond acceptors (Lipinski definition) is 4. The van der Waals surface area contributed by atoms with Crippen molar-refractivity contribution in [3.05, 3.63) is 40.0 Å². The lowest BCUT2D eigenvalue weighted by molar-refractivity contribution is 0.567. The van der Waals surface area contributed by atoms with Crippen LogP contribution in [0.15, 0.2) is 23.8 Å². The Hall–Kier alpha value is -1.42. The van der Waals surface area contributed by atoms with Crippen LogP contribution in [0.1, 0.15) is 49.2 Å². The molecular weight excluding hydrogens is 278 g/mol. The third-order valence-electron chi connectivity index (χ3n) is 4.26. The first-order valence-electron chi connectivity index (χ1n) is 7.77. The Balaban J connectivity index is 1.77. The first-order valence-corrected chi connectivity index (χ1v) is 8.65. The van der Waals surface area contributed by atoms with Crippen molar-refractivity contribution in [1.29, 1.82) is 0 Å². The summed E-state index contributed by atoms with van der Waals surface area (Å²) >= 11 is 1.82. The minimum atomic E-state index is 0.122. The zero-order chi connectivity index (χ0) is 14.7. The van der Waals surface area contributed by atoms with Gasteiger partial charge in [-0.2, -0.15) is 0 Å². The summed E-state index contributed by atoms with van der Waals surface area (Å²) in [5.41, 5.74) is 2.72. The number of nitrogens with one attached hydrogen (secondary N) is 1. The molecule has 1 aliphatic rings. The van der Waals surface area contributed by atoms with Crippen LogP contribution in [0.3, 0.4) is 0 Å². The maximum absolute atomic E-state index is 4.50. The van der Waals surface area contributed by atoms with Gasteiger partial charge in [0.2, 0.25) is 0 Å². The number of thiophene rings is 1. The van der Waals surface area contributed by atoms with Crippen LogP contribution in [0.4, 0.5) is 5.82 Å². The van der Waals surface area contributed by atoms with Crippen molar-refractivity contribution in [2.75, 3.05) is 11.9 Å². The molecule has 0 aromatic carbocycles. The first kappa shape index (κ1) is 14.5. The van der Waals surface area contributed by atoms with Crippen LogP contribution in [0.5, 0.6) is 0 Å². The fraction of sp³-hybridized carbons (Fsp3) is 0.529. The number of anilines is 1. The molecule has 0 spiro atoms. The topological polar surface area (TPSA) is 37.8 Å². The largest absolute Gasteiger partial charge is 0.369 e. The smallest absolute Gasteiger partial charge is 0.132 e. The summed E-state index contributed by atoms with van der Waals surface area (Å²) in [6, 6.07) is 4.34. The molecule has 1 aliphatic carbocycles. The van der Waals surface area contributed by atoms with Gasteiger partial charge < -0.3 is 5.32 Å². The average molecular weight is 301 g/mol. The second kappa shape index (κ2) is 6.14. The van der Waals surface area contributed by atoms with E-state index in [9.17, 15) is 0 Å². The second-order valence-corrected chi connectivity index (χ2v) is 7.37. The molecule has 3 rings (SSSR count). The van der Waals surface area contributed by atoms with E-state index in [1.165, 1.54) is 35.4 Å². The van der Waals surface area contributed by atoms with Crippen molar-refractivity contribution in [3.8, 4) is 0 Å². The van der Waals surface area contributed by atoms with Crippen molar-refractivity contribution in [3.63, 3.8) is 0 Å². The minimum Gasteiger partial charge on any atom is -0.369 e. The average Bonchev–Trinajstić information content (AvgIpc) is 2.92. The van der Waals surface area contributed by atoms with E-state index in [2.05, 4.69) is 46.6 Å². The Kier molecular flexibility index (Phi) is 4.24. The lowest BCUT2D eigenvalue weighted by Crippen LogP contribution is -2.27. The molecule has 0 bridgehead atoms. The van der Waals surface area contributed by atoms with Gasteiger partial charge in [-0.3, -0.25) is 0 Å². The van der Waals surface area contributed by atoms with Crippen LogP contribution in [0.2, 0.25) is 0 Å². The number of fused-ring (bicyclic) bond motifs is 1. The number of rotatable bonds is 4. The van der Waals surface area contributed by atoms with Crippen LogP contribution in [0, 0.1) is 0 Å². The van der Waals surface area contributed by atoms with Crippen molar-refractivity contribution in [2.45, 2.75) is 51.4 Å². The molecule has 0 saturated heterocycles. The summed E-state index contributed by atoms with van der Waals surface area (Å²) in [5.74, 6) is 1.05. The molecule has 0 fully saturated rings. The first-order chi connectivity index (χ1) is 10.2. The zero-order valence-electron chi connectivity index (χ0n) is 12.9. The maximum atomic E-state index is 4.50. The van der Waals surface area contributed by atoms with Crippen LogP contribution < -0.4 is 5.32 Å². The molecular formula is C17H23N3S. The van der Waals surface area contributed by atoms with E-state index < -0.39 is 0 Å². The summed E-state index contributed by atoms with van der Waals surface area (Å²) in [6.07, 6.45) is 7.73. The van der Waals surface area contributed by atoms with Crippen LogP contribution in [-0.2, 0) is 18.3 Å².